The molecule has 0 bridgehead atoms. The maximum Gasteiger partial charge on any atom is 0.285 e. The van der Waals surface area contributed by atoms with Crippen molar-refractivity contribution < 1.29 is 0 Å². The Balaban J connectivity index is 2.61. The van der Waals surface area contributed by atoms with Crippen LogP contribution < -0.4 is 5.56 Å². The zero-order valence-corrected chi connectivity index (χ0v) is 11.0. The van der Waals surface area contributed by atoms with Crippen molar-refractivity contribution in [3.05, 3.63) is 49.8 Å². The maximum absolute atomic E-state index is 11.9. The van der Waals surface area contributed by atoms with Crippen molar-refractivity contribution in [2.45, 2.75) is 13.3 Å². The first-order valence-corrected chi connectivity index (χ1v) is 6.06. The molecule has 0 aliphatic carbocycles. The fraction of sp³-hybridized carbons (Fsp3) is 0.182. The van der Waals surface area contributed by atoms with Crippen molar-refractivity contribution in [2.24, 2.45) is 0 Å². The molecule has 0 saturated heterocycles. The highest BCUT2D eigenvalue weighted by molar-refractivity contribution is 9.10. The van der Waals surface area contributed by atoms with Gasteiger partial charge in [0.15, 0.2) is 0 Å². The summed E-state index contributed by atoms with van der Waals surface area (Å²) < 4.78 is 2.06. The van der Waals surface area contributed by atoms with E-state index in [2.05, 4.69) is 21.0 Å². The fourth-order valence-corrected chi connectivity index (χ4v) is 2.22. The Morgan fingerprint density at radius 3 is 2.81 bits per heavy atom. The summed E-state index contributed by atoms with van der Waals surface area (Å²) >= 11 is 9.17. The Kier molecular flexibility index (Phi) is 3.21. The molecule has 5 heteroatoms. The van der Waals surface area contributed by atoms with Crippen molar-refractivity contribution in [1.29, 1.82) is 0 Å². The predicted octanol–water partition coefficient (Wildman–Crippen LogP) is 3.14. The van der Waals surface area contributed by atoms with Gasteiger partial charge in [-0.2, -0.15) is 0 Å². The summed E-state index contributed by atoms with van der Waals surface area (Å²) in [6.45, 7) is 1.98. The second kappa shape index (κ2) is 4.47. The van der Waals surface area contributed by atoms with E-state index in [0.717, 1.165) is 17.8 Å². The maximum atomic E-state index is 11.9. The van der Waals surface area contributed by atoms with Gasteiger partial charge in [-0.15, -0.1) is 0 Å². The Morgan fingerprint density at radius 1 is 1.50 bits per heavy atom. The number of hydrogen-bond donors (Lipinski definition) is 1. The van der Waals surface area contributed by atoms with E-state index in [4.69, 9.17) is 11.6 Å². The number of nitrogens with zero attached hydrogens (tertiary/aromatic N) is 1. The van der Waals surface area contributed by atoms with E-state index < -0.39 is 0 Å². The molecule has 0 amide bonds. The average molecular weight is 302 g/mol. The third-order valence-electron chi connectivity index (χ3n) is 2.32. The van der Waals surface area contributed by atoms with E-state index in [9.17, 15) is 4.79 Å². The molecule has 1 aromatic heterocycles. The van der Waals surface area contributed by atoms with Crippen molar-refractivity contribution in [3.8, 4) is 5.69 Å². The van der Waals surface area contributed by atoms with Crippen molar-refractivity contribution in [1.82, 2.24) is 9.78 Å². The van der Waals surface area contributed by atoms with Gasteiger partial charge >= 0.3 is 0 Å². The summed E-state index contributed by atoms with van der Waals surface area (Å²) in [4.78, 5) is 11.9. The average Bonchev–Trinajstić information content (AvgIpc) is 2.56. The molecule has 0 aliphatic heterocycles. The SMILES string of the molecule is CCc1[nH]n(-c2cccc(Cl)c2)c(=O)c1Br. The molecule has 2 rings (SSSR count). The Labute approximate surface area is 106 Å². The molecule has 1 N–H and O–H groups in total. The Morgan fingerprint density at radius 2 is 2.25 bits per heavy atom. The van der Waals surface area contributed by atoms with Crippen LogP contribution >= 0.6 is 27.5 Å². The number of aryl methyl sites for hydroxylation is 1. The van der Waals surface area contributed by atoms with E-state index in [1.165, 1.54) is 4.68 Å². The summed E-state index contributed by atoms with van der Waals surface area (Å²) in [5, 5.41) is 3.65. The lowest BCUT2D eigenvalue weighted by molar-refractivity contribution is 0.819. The largest absolute Gasteiger partial charge is 0.294 e. The topological polar surface area (TPSA) is 37.8 Å². The Hall–Kier alpha value is -1.00. The molecule has 16 heavy (non-hydrogen) atoms. The smallest absolute Gasteiger partial charge is 0.285 e. The molecule has 0 saturated carbocycles. The number of H-pyrrole nitrogens is 1. The van der Waals surface area contributed by atoms with Crippen LogP contribution in [-0.4, -0.2) is 9.78 Å². The van der Waals surface area contributed by atoms with Crippen LogP contribution in [0.1, 0.15) is 12.6 Å². The minimum Gasteiger partial charge on any atom is -0.294 e. The van der Waals surface area contributed by atoms with Gasteiger partial charge in [0, 0.05) is 5.02 Å². The van der Waals surface area contributed by atoms with Gasteiger partial charge in [-0.1, -0.05) is 24.6 Å². The molecule has 0 radical (unpaired) electrons. The van der Waals surface area contributed by atoms with E-state index in [-0.39, 0.29) is 5.56 Å². The molecule has 84 valence electrons. The highest BCUT2D eigenvalue weighted by Gasteiger charge is 2.11. The van der Waals surface area contributed by atoms with Crippen molar-refractivity contribution >= 4 is 27.5 Å². The van der Waals surface area contributed by atoms with Gasteiger partial charge in [-0.3, -0.25) is 9.89 Å². The normalized spacial score (nSPS) is 10.7. The second-order valence-electron chi connectivity index (χ2n) is 3.38. The van der Waals surface area contributed by atoms with E-state index >= 15 is 0 Å². The van der Waals surface area contributed by atoms with Gasteiger partial charge in [-0.25, -0.2) is 4.68 Å². The van der Waals surface area contributed by atoms with E-state index in [1.807, 2.05) is 19.1 Å². The number of aromatic nitrogens is 2. The zero-order valence-electron chi connectivity index (χ0n) is 8.63. The second-order valence-corrected chi connectivity index (χ2v) is 4.61. The van der Waals surface area contributed by atoms with Crippen molar-refractivity contribution in [2.75, 3.05) is 0 Å². The van der Waals surface area contributed by atoms with Crippen LogP contribution in [0.3, 0.4) is 0 Å². The summed E-state index contributed by atoms with van der Waals surface area (Å²) in [5.74, 6) is 0. The minimum atomic E-state index is -0.0980. The number of benzene rings is 1. The lowest BCUT2D eigenvalue weighted by atomic mass is 10.3. The van der Waals surface area contributed by atoms with E-state index in [1.54, 1.807) is 12.1 Å². The van der Waals surface area contributed by atoms with Gasteiger partial charge < -0.3 is 0 Å². The van der Waals surface area contributed by atoms with Crippen LogP contribution in [0.4, 0.5) is 0 Å². The standard InChI is InChI=1S/C11H10BrClN2O/c1-2-9-10(12)11(16)15(14-9)8-5-3-4-7(13)6-8/h3-6,14H,2H2,1H3. The van der Waals surface area contributed by atoms with Crippen LogP contribution in [0.25, 0.3) is 5.69 Å². The molecule has 0 aliphatic rings. The molecule has 0 spiro atoms. The molecule has 0 fully saturated rings. The molecule has 0 atom stereocenters. The number of nitrogens with one attached hydrogen (secondary N) is 1. The third kappa shape index (κ3) is 1.95. The molecule has 1 aromatic carbocycles. The molecular weight excluding hydrogens is 291 g/mol. The van der Waals surface area contributed by atoms with Crippen LogP contribution in [0.2, 0.25) is 5.02 Å². The highest BCUT2D eigenvalue weighted by atomic mass is 79.9. The quantitative estimate of drug-likeness (QED) is 0.909. The van der Waals surface area contributed by atoms with Gasteiger partial charge in [-0.05, 0) is 40.5 Å². The first-order chi connectivity index (χ1) is 7.63. The molecule has 2 aromatic rings. The molecule has 1 heterocycles. The van der Waals surface area contributed by atoms with Gasteiger partial charge in [0.1, 0.15) is 4.47 Å². The highest BCUT2D eigenvalue weighted by Crippen LogP contribution is 2.16. The van der Waals surface area contributed by atoms with Crippen LogP contribution in [0.15, 0.2) is 33.5 Å². The van der Waals surface area contributed by atoms with Crippen molar-refractivity contribution in [3.63, 3.8) is 0 Å². The van der Waals surface area contributed by atoms with Crippen LogP contribution in [0.5, 0.6) is 0 Å². The molecule has 0 unspecified atom stereocenters. The monoisotopic (exact) mass is 300 g/mol. The van der Waals surface area contributed by atoms with Gasteiger partial charge in [0.2, 0.25) is 0 Å². The summed E-state index contributed by atoms with van der Waals surface area (Å²) in [5.41, 5.74) is 1.52. The third-order valence-corrected chi connectivity index (χ3v) is 3.38. The Bertz CT molecular complexity index is 574. The fourth-order valence-electron chi connectivity index (χ4n) is 1.49. The molecule has 3 nitrogen and oxygen atoms in total. The summed E-state index contributed by atoms with van der Waals surface area (Å²) in [6, 6.07) is 7.15. The van der Waals surface area contributed by atoms with E-state index in [0.29, 0.717) is 9.50 Å². The number of hydrogen-bond acceptors (Lipinski definition) is 1. The summed E-state index contributed by atoms with van der Waals surface area (Å²) in [7, 11) is 0. The zero-order chi connectivity index (χ0) is 11.7. The van der Waals surface area contributed by atoms with Gasteiger partial charge in [0.25, 0.3) is 5.56 Å². The summed E-state index contributed by atoms with van der Waals surface area (Å²) in [6.07, 6.45) is 0.767. The number of rotatable bonds is 2. The number of halogens is 2. The predicted molar refractivity (Wildman–Crippen MR) is 68.5 cm³/mol. The first-order valence-electron chi connectivity index (χ1n) is 4.88. The van der Waals surface area contributed by atoms with Crippen LogP contribution in [0, 0.1) is 0 Å². The first kappa shape index (κ1) is 11.5. The lowest BCUT2D eigenvalue weighted by Crippen LogP contribution is -2.14. The minimum absolute atomic E-state index is 0.0980. The molecular formula is C11H10BrClN2O. The lowest BCUT2D eigenvalue weighted by Gasteiger charge is -2.01. The number of aromatic amines is 1. The van der Waals surface area contributed by atoms with Gasteiger partial charge in [0.05, 0.1) is 11.4 Å². The van der Waals surface area contributed by atoms with Crippen LogP contribution in [-0.2, 0) is 6.42 Å².